The average Bonchev–Trinajstić information content (AvgIpc) is 3.11. The Bertz CT molecular complexity index is 891. The molecule has 31 heavy (non-hydrogen) atoms. The summed E-state index contributed by atoms with van der Waals surface area (Å²) in [7, 11) is 0. The summed E-state index contributed by atoms with van der Waals surface area (Å²) in [6.07, 6.45) is 1.33. The lowest BCUT2D eigenvalue weighted by Gasteiger charge is -2.26. The predicted molar refractivity (Wildman–Crippen MR) is 124 cm³/mol. The van der Waals surface area contributed by atoms with Crippen LogP contribution in [0.5, 0.6) is 0 Å². The van der Waals surface area contributed by atoms with Crippen LogP contribution < -0.4 is 10.6 Å². The number of hydrogen-bond acceptors (Lipinski definition) is 6. The van der Waals surface area contributed by atoms with Gasteiger partial charge in [-0.15, -0.1) is 11.3 Å². The van der Waals surface area contributed by atoms with Crippen molar-refractivity contribution in [1.82, 2.24) is 15.2 Å². The number of anilines is 1. The number of nitrogens with zero attached hydrogens (tertiary/aromatic N) is 2. The maximum absolute atomic E-state index is 12.6. The van der Waals surface area contributed by atoms with Crippen LogP contribution in [-0.4, -0.2) is 54.5 Å². The van der Waals surface area contributed by atoms with Gasteiger partial charge in [-0.25, -0.2) is 4.98 Å². The van der Waals surface area contributed by atoms with Crippen LogP contribution in [0.15, 0.2) is 24.3 Å². The molecule has 0 aliphatic carbocycles. The SMILES string of the molecule is Cc1nc(CC(C)C)sc1C(=O)NCc1cccc(NC(=O)CCN2CCOCC2)c1. The van der Waals surface area contributed by atoms with Gasteiger partial charge in [0.1, 0.15) is 4.88 Å². The van der Waals surface area contributed by atoms with Crippen molar-refractivity contribution in [3.63, 3.8) is 0 Å². The van der Waals surface area contributed by atoms with Crippen LogP contribution >= 0.6 is 11.3 Å². The smallest absolute Gasteiger partial charge is 0.263 e. The average molecular weight is 445 g/mol. The van der Waals surface area contributed by atoms with Crippen LogP contribution in [0.3, 0.4) is 0 Å². The lowest BCUT2D eigenvalue weighted by atomic mass is 10.1. The van der Waals surface area contributed by atoms with E-state index < -0.39 is 0 Å². The van der Waals surface area contributed by atoms with Gasteiger partial charge in [0.2, 0.25) is 5.91 Å². The molecule has 168 valence electrons. The summed E-state index contributed by atoms with van der Waals surface area (Å²) in [5.41, 5.74) is 2.45. The first-order chi connectivity index (χ1) is 14.9. The topological polar surface area (TPSA) is 83.6 Å². The molecule has 1 aromatic heterocycles. The van der Waals surface area contributed by atoms with Gasteiger partial charge in [0.05, 0.1) is 23.9 Å². The summed E-state index contributed by atoms with van der Waals surface area (Å²) >= 11 is 1.47. The molecular weight excluding hydrogens is 412 g/mol. The maximum atomic E-state index is 12.6. The van der Waals surface area contributed by atoms with E-state index in [9.17, 15) is 9.59 Å². The van der Waals surface area contributed by atoms with Crippen molar-refractivity contribution in [3.8, 4) is 0 Å². The lowest BCUT2D eigenvalue weighted by molar-refractivity contribution is -0.116. The number of rotatable bonds is 9. The molecule has 2 aromatic rings. The fraction of sp³-hybridized carbons (Fsp3) is 0.522. The molecule has 0 atom stereocenters. The highest BCUT2D eigenvalue weighted by Gasteiger charge is 2.16. The van der Waals surface area contributed by atoms with E-state index in [4.69, 9.17) is 4.74 Å². The Morgan fingerprint density at radius 1 is 1.26 bits per heavy atom. The summed E-state index contributed by atoms with van der Waals surface area (Å²) < 4.78 is 5.33. The fourth-order valence-electron chi connectivity index (χ4n) is 3.43. The monoisotopic (exact) mass is 444 g/mol. The number of aromatic nitrogens is 1. The quantitative estimate of drug-likeness (QED) is 0.620. The van der Waals surface area contributed by atoms with Crippen LogP contribution in [-0.2, 0) is 22.5 Å². The van der Waals surface area contributed by atoms with Crippen molar-refractivity contribution in [1.29, 1.82) is 0 Å². The van der Waals surface area contributed by atoms with Crippen molar-refractivity contribution in [2.75, 3.05) is 38.2 Å². The zero-order valence-electron chi connectivity index (χ0n) is 18.6. The number of benzene rings is 1. The molecule has 0 radical (unpaired) electrons. The van der Waals surface area contributed by atoms with E-state index in [0.717, 1.165) is 61.2 Å². The number of morpholine rings is 1. The number of thiazole rings is 1. The number of amides is 2. The largest absolute Gasteiger partial charge is 0.379 e. The maximum Gasteiger partial charge on any atom is 0.263 e. The minimum Gasteiger partial charge on any atom is -0.379 e. The number of nitrogens with one attached hydrogen (secondary N) is 2. The predicted octanol–water partition coefficient (Wildman–Crippen LogP) is 3.24. The molecule has 0 bridgehead atoms. The number of carbonyl (C=O) groups excluding carboxylic acids is 2. The molecule has 1 aromatic carbocycles. The van der Waals surface area contributed by atoms with E-state index in [1.165, 1.54) is 11.3 Å². The molecule has 0 unspecified atom stereocenters. The Kier molecular flexibility index (Phi) is 8.57. The summed E-state index contributed by atoms with van der Waals surface area (Å²) in [6.45, 7) is 10.5. The molecule has 0 saturated carbocycles. The van der Waals surface area contributed by atoms with Gasteiger partial charge < -0.3 is 15.4 Å². The van der Waals surface area contributed by atoms with Gasteiger partial charge in [-0.05, 0) is 30.5 Å². The molecule has 8 heteroatoms. The molecule has 1 saturated heterocycles. The minimum absolute atomic E-state index is 0.00866. The first-order valence-corrected chi connectivity index (χ1v) is 11.7. The second-order valence-electron chi connectivity index (χ2n) is 8.26. The Labute approximate surface area is 188 Å². The number of aryl methyl sites for hydroxylation is 1. The summed E-state index contributed by atoms with van der Waals surface area (Å²) in [5, 5.41) is 6.93. The van der Waals surface area contributed by atoms with Gasteiger partial charge in [0.25, 0.3) is 5.91 Å². The highest BCUT2D eigenvalue weighted by atomic mass is 32.1. The Hall–Kier alpha value is -2.29. The van der Waals surface area contributed by atoms with Crippen LogP contribution in [0.1, 0.15) is 46.2 Å². The second-order valence-corrected chi connectivity index (χ2v) is 9.34. The van der Waals surface area contributed by atoms with Crippen LogP contribution in [0.2, 0.25) is 0 Å². The minimum atomic E-state index is -0.107. The first kappa shape index (κ1) is 23.4. The van der Waals surface area contributed by atoms with E-state index in [1.54, 1.807) is 0 Å². The molecule has 1 fully saturated rings. The molecule has 7 nitrogen and oxygen atoms in total. The highest BCUT2D eigenvalue weighted by molar-refractivity contribution is 7.13. The molecular formula is C23H32N4O3S. The third-order valence-corrected chi connectivity index (χ3v) is 6.23. The van der Waals surface area contributed by atoms with Crippen molar-refractivity contribution < 1.29 is 14.3 Å². The van der Waals surface area contributed by atoms with Gasteiger partial charge in [-0.2, -0.15) is 0 Å². The van der Waals surface area contributed by atoms with Gasteiger partial charge in [-0.3, -0.25) is 14.5 Å². The van der Waals surface area contributed by atoms with Gasteiger partial charge in [-0.1, -0.05) is 26.0 Å². The standard InChI is InChI=1S/C23H32N4O3S/c1-16(2)13-21-25-17(3)22(31-21)23(29)24-15-18-5-4-6-19(14-18)26-20(28)7-8-27-9-11-30-12-10-27/h4-6,14,16H,7-13,15H2,1-3H3,(H,24,29)(H,26,28). The first-order valence-electron chi connectivity index (χ1n) is 10.8. The van der Waals surface area contributed by atoms with E-state index in [1.807, 2.05) is 31.2 Å². The van der Waals surface area contributed by atoms with Gasteiger partial charge in [0, 0.05) is 44.7 Å². The summed E-state index contributed by atoms with van der Waals surface area (Å²) in [5.74, 6) is 0.392. The number of carbonyl (C=O) groups is 2. The molecule has 0 spiro atoms. The molecule has 2 N–H and O–H groups in total. The van der Waals surface area contributed by atoms with E-state index in [-0.39, 0.29) is 11.8 Å². The van der Waals surface area contributed by atoms with Crippen LogP contribution in [0.25, 0.3) is 0 Å². The Balaban J connectivity index is 1.49. The van der Waals surface area contributed by atoms with Crippen LogP contribution in [0.4, 0.5) is 5.69 Å². The highest BCUT2D eigenvalue weighted by Crippen LogP contribution is 2.21. The number of hydrogen-bond donors (Lipinski definition) is 2. The Morgan fingerprint density at radius 2 is 2.03 bits per heavy atom. The molecule has 3 rings (SSSR count). The number of ether oxygens (including phenoxy) is 1. The van der Waals surface area contributed by atoms with Crippen molar-refractivity contribution in [3.05, 3.63) is 45.4 Å². The summed E-state index contributed by atoms with van der Waals surface area (Å²) in [4.78, 5) is 32.3. The molecule has 1 aliphatic heterocycles. The van der Waals surface area contributed by atoms with E-state index >= 15 is 0 Å². The van der Waals surface area contributed by atoms with Crippen molar-refractivity contribution in [2.45, 2.75) is 40.2 Å². The molecule has 2 amide bonds. The fourth-order valence-corrected chi connectivity index (χ4v) is 4.62. The van der Waals surface area contributed by atoms with Crippen molar-refractivity contribution >= 4 is 28.8 Å². The third-order valence-electron chi connectivity index (χ3n) is 5.05. The molecule has 1 aliphatic rings. The van der Waals surface area contributed by atoms with E-state index in [0.29, 0.717) is 23.8 Å². The van der Waals surface area contributed by atoms with Crippen molar-refractivity contribution in [2.24, 2.45) is 5.92 Å². The van der Waals surface area contributed by atoms with Gasteiger partial charge in [0.15, 0.2) is 0 Å². The third kappa shape index (κ3) is 7.41. The van der Waals surface area contributed by atoms with Crippen LogP contribution in [0, 0.1) is 12.8 Å². The second kappa shape index (κ2) is 11.4. The summed E-state index contributed by atoms with van der Waals surface area (Å²) in [6, 6.07) is 7.59. The normalized spacial score (nSPS) is 14.6. The van der Waals surface area contributed by atoms with Gasteiger partial charge >= 0.3 is 0 Å². The molecule has 2 heterocycles. The zero-order chi connectivity index (χ0) is 22.2. The van der Waals surface area contributed by atoms with E-state index in [2.05, 4.69) is 34.4 Å². The zero-order valence-corrected chi connectivity index (χ0v) is 19.4. The lowest BCUT2D eigenvalue weighted by Crippen LogP contribution is -2.38. The Morgan fingerprint density at radius 3 is 2.77 bits per heavy atom.